The second-order valence-corrected chi connectivity index (χ2v) is 8.86. The summed E-state index contributed by atoms with van der Waals surface area (Å²) in [6, 6.07) is 16.5. The van der Waals surface area contributed by atoms with Crippen LogP contribution in [0.5, 0.6) is 0 Å². The normalized spacial score (nSPS) is 12.1. The minimum Gasteiger partial charge on any atom is -0.354 e. The summed E-state index contributed by atoms with van der Waals surface area (Å²) >= 11 is 1.23. The van der Waals surface area contributed by atoms with Gasteiger partial charge in [0, 0.05) is 24.7 Å². The Hall–Kier alpha value is -3.66. The lowest BCUT2D eigenvalue weighted by molar-refractivity contribution is -0.122. The average molecular weight is 479 g/mol. The van der Waals surface area contributed by atoms with Crippen LogP contribution in [-0.4, -0.2) is 42.8 Å². The molecule has 10 heteroatoms. The molecule has 2 aromatic heterocycles. The molecule has 176 valence electrons. The third-order valence-corrected chi connectivity index (χ3v) is 6.38. The maximum absolute atomic E-state index is 13.2. The SMILES string of the molecule is CCC(C)NC(=O)CCn1c(=O)c2ccccc2n2c(SCC(=O)Nc3ccccc3)nnc12. The van der Waals surface area contributed by atoms with Crippen LogP contribution >= 0.6 is 11.8 Å². The van der Waals surface area contributed by atoms with Gasteiger partial charge in [0.2, 0.25) is 17.6 Å². The van der Waals surface area contributed by atoms with Gasteiger partial charge in [-0.15, -0.1) is 10.2 Å². The van der Waals surface area contributed by atoms with Crippen molar-refractivity contribution in [2.75, 3.05) is 11.1 Å². The maximum Gasteiger partial charge on any atom is 0.262 e. The van der Waals surface area contributed by atoms with E-state index in [2.05, 4.69) is 20.8 Å². The van der Waals surface area contributed by atoms with Crippen LogP contribution in [0.15, 0.2) is 64.5 Å². The van der Waals surface area contributed by atoms with E-state index < -0.39 is 0 Å². The van der Waals surface area contributed by atoms with Crippen molar-refractivity contribution >= 4 is 45.9 Å². The molecule has 0 aliphatic heterocycles. The quantitative estimate of drug-likeness (QED) is 0.358. The molecular weight excluding hydrogens is 452 g/mol. The number of aryl methyl sites for hydroxylation is 1. The van der Waals surface area contributed by atoms with Gasteiger partial charge in [-0.3, -0.25) is 23.4 Å². The van der Waals surface area contributed by atoms with Crippen molar-refractivity contribution in [3.63, 3.8) is 0 Å². The first-order valence-electron chi connectivity index (χ1n) is 11.1. The zero-order chi connectivity index (χ0) is 24.1. The van der Waals surface area contributed by atoms with Crippen molar-refractivity contribution in [1.82, 2.24) is 24.5 Å². The van der Waals surface area contributed by atoms with Gasteiger partial charge < -0.3 is 10.6 Å². The van der Waals surface area contributed by atoms with Crippen LogP contribution in [0.25, 0.3) is 16.7 Å². The number of hydrogen-bond donors (Lipinski definition) is 2. The van der Waals surface area contributed by atoms with Crippen LogP contribution in [0.4, 0.5) is 5.69 Å². The fraction of sp³-hybridized carbons (Fsp3) is 0.292. The number of benzene rings is 2. The molecule has 2 aromatic carbocycles. The topological polar surface area (TPSA) is 110 Å². The molecule has 4 rings (SSSR count). The molecule has 0 fully saturated rings. The molecule has 2 heterocycles. The lowest BCUT2D eigenvalue weighted by Gasteiger charge is -2.13. The molecule has 0 aliphatic carbocycles. The molecule has 34 heavy (non-hydrogen) atoms. The summed E-state index contributed by atoms with van der Waals surface area (Å²) in [4.78, 5) is 37.9. The number of amides is 2. The first-order valence-corrected chi connectivity index (χ1v) is 12.1. The van der Waals surface area contributed by atoms with Crippen LogP contribution in [0, 0.1) is 0 Å². The number of aromatic nitrogens is 4. The Balaban J connectivity index is 1.61. The van der Waals surface area contributed by atoms with Gasteiger partial charge >= 0.3 is 0 Å². The summed E-state index contributed by atoms with van der Waals surface area (Å²) in [5, 5.41) is 15.2. The molecule has 2 N–H and O–H groups in total. The number of hydrogen-bond acceptors (Lipinski definition) is 6. The second-order valence-electron chi connectivity index (χ2n) is 7.92. The summed E-state index contributed by atoms with van der Waals surface area (Å²) in [7, 11) is 0. The second kappa shape index (κ2) is 10.5. The van der Waals surface area contributed by atoms with E-state index in [0.717, 1.165) is 6.42 Å². The van der Waals surface area contributed by atoms with Crippen LogP contribution in [0.1, 0.15) is 26.7 Å². The molecule has 0 bridgehead atoms. The predicted octanol–water partition coefficient (Wildman–Crippen LogP) is 3.08. The van der Waals surface area contributed by atoms with Crippen molar-refractivity contribution in [3.8, 4) is 0 Å². The molecule has 1 atom stereocenters. The number of fused-ring (bicyclic) bond motifs is 3. The average Bonchev–Trinajstić information content (AvgIpc) is 3.27. The van der Waals surface area contributed by atoms with E-state index in [1.54, 1.807) is 16.5 Å². The molecular formula is C24H26N6O3S. The van der Waals surface area contributed by atoms with E-state index in [0.29, 0.717) is 27.5 Å². The fourth-order valence-corrected chi connectivity index (χ4v) is 4.28. The van der Waals surface area contributed by atoms with Crippen molar-refractivity contribution in [3.05, 3.63) is 65.0 Å². The summed E-state index contributed by atoms with van der Waals surface area (Å²) < 4.78 is 3.24. The number of nitrogens with one attached hydrogen (secondary N) is 2. The summed E-state index contributed by atoms with van der Waals surface area (Å²) in [6.45, 7) is 4.11. The Morgan fingerprint density at radius 3 is 2.53 bits per heavy atom. The highest BCUT2D eigenvalue weighted by Crippen LogP contribution is 2.22. The van der Waals surface area contributed by atoms with E-state index in [1.807, 2.05) is 56.3 Å². The third-order valence-electron chi connectivity index (χ3n) is 5.45. The van der Waals surface area contributed by atoms with Gasteiger partial charge in [-0.2, -0.15) is 0 Å². The molecule has 4 aromatic rings. The molecule has 0 saturated carbocycles. The molecule has 0 spiro atoms. The van der Waals surface area contributed by atoms with Crippen molar-refractivity contribution in [2.24, 2.45) is 0 Å². The Labute approximate surface area is 200 Å². The standard InChI is InChI=1S/C24H26N6O3S/c1-3-16(2)25-20(31)13-14-29-22(33)18-11-7-8-12-19(18)30-23(29)27-28-24(30)34-15-21(32)26-17-9-5-4-6-10-17/h4-12,16H,3,13-15H2,1-2H3,(H,25,31)(H,26,32). The highest BCUT2D eigenvalue weighted by atomic mass is 32.2. The zero-order valence-corrected chi connectivity index (χ0v) is 19.8. The van der Waals surface area contributed by atoms with Gasteiger partial charge in [-0.05, 0) is 37.6 Å². The number of para-hydroxylation sites is 2. The van der Waals surface area contributed by atoms with Crippen molar-refractivity contribution < 1.29 is 9.59 Å². The fourth-order valence-electron chi connectivity index (χ4n) is 3.54. The van der Waals surface area contributed by atoms with E-state index in [-0.39, 0.29) is 42.1 Å². The van der Waals surface area contributed by atoms with Gasteiger partial charge in [-0.1, -0.05) is 49.0 Å². The molecule has 0 saturated heterocycles. The molecule has 0 radical (unpaired) electrons. The number of nitrogens with zero attached hydrogens (tertiary/aromatic N) is 4. The van der Waals surface area contributed by atoms with E-state index in [9.17, 15) is 14.4 Å². The highest BCUT2D eigenvalue weighted by Gasteiger charge is 2.18. The number of anilines is 1. The van der Waals surface area contributed by atoms with Gasteiger partial charge in [-0.25, -0.2) is 0 Å². The first kappa shape index (κ1) is 23.5. The van der Waals surface area contributed by atoms with E-state index in [1.165, 1.54) is 16.3 Å². The van der Waals surface area contributed by atoms with E-state index in [4.69, 9.17) is 0 Å². The number of thioether (sulfide) groups is 1. The van der Waals surface area contributed by atoms with Gasteiger partial charge in [0.25, 0.3) is 5.56 Å². The predicted molar refractivity (Wildman–Crippen MR) is 133 cm³/mol. The third kappa shape index (κ3) is 5.12. The van der Waals surface area contributed by atoms with E-state index >= 15 is 0 Å². The Morgan fingerprint density at radius 1 is 1.03 bits per heavy atom. The number of carbonyl (C=O) groups is 2. The minimum atomic E-state index is -0.231. The highest BCUT2D eigenvalue weighted by molar-refractivity contribution is 7.99. The Morgan fingerprint density at radius 2 is 1.76 bits per heavy atom. The largest absolute Gasteiger partial charge is 0.354 e. The number of carbonyl (C=O) groups excluding carboxylic acids is 2. The Kier molecular flexibility index (Phi) is 7.27. The van der Waals surface area contributed by atoms with Crippen molar-refractivity contribution in [2.45, 2.75) is 44.4 Å². The zero-order valence-electron chi connectivity index (χ0n) is 19.0. The van der Waals surface area contributed by atoms with Crippen LogP contribution < -0.4 is 16.2 Å². The molecule has 0 aliphatic rings. The summed E-state index contributed by atoms with van der Waals surface area (Å²) in [5.74, 6) is 0.165. The van der Waals surface area contributed by atoms with Gasteiger partial charge in [0.1, 0.15) is 0 Å². The lowest BCUT2D eigenvalue weighted by atomic mass is 10.2. The van der Waals surface area contributed by atoms with Crippen LogP contribution in [-0.2, 0) is 16.1 Å². The Bertz CT molecular complexity index is 1380. The minimum absolute atomic E-state index is 0.0685. The smallest absolute Gasteiger partial charge is 0.262 e. The lowest BCUT2D eigenvalue weighted by Crippen LogP contribution is -2.33. The van der Waals surface area contributed by atoms with Gasteiger partial charge in [0.15, 0.2) is 5.16 Å². The number of rotatable bonds is 9. The maximum atomic E-state index is 13.2. The molecule has 2 amide bonds. The van der Waals surface area contributed by atoms with Crippen molar-refractivity contribution in [1.29, 1.82) is 0 Å². The van der Waals surface area contributed by atoms with Crippen LogP contribution in [0.2, 0.25) is 0 Å². The monoisotopic (exact) mass is 478 g/mol. The first-order chi connectivity index (χ1) is 16.5. The van der Waals surface area contributed by atoms with Gasteiger partial charge in [0.05, 0.1) is 16.7 Å². The summed E-state index contributed by atoms with van der Waals surface area (Å²) in [6.07, 6.45) is 0.974. The molecule has 1 unspecified atom stereocenters. The summed E-state index contributed by atoms with van der Waals surface area (Å²) in [5.41, 5.74) is 1.14. The van der Waals surface area contributed by atoms with Crippen LogP contribution in [0.3, 0.4) is 0 Å². The molecule has 9 nitrogen and oxygen atoms in total.